The predicted octanol–water partition coefficient (Wildman–Crippen LogP) is 3.47. The van der Waals surface area contributed by atoms with E-state index in [1.807, 2.05) is 6.07 Å². The minimum atomic E-state index is -0.614. The van der Waals surface area contributed by atoms with Crippen LogP contribution in [0.4, 0.5) is 4.39 Å². The average molecular weight is 337 g/mol. The van der Waals surface area contributed by atoms with Gasteiger partial charge < -0.3 is 4.98 Å². The van der Waals surface area contributed by atoms with Crippen LogP contribution < -0.4 is 11.2 Å². The van der Waals surface area contributed by atoms with Crippen molar-refractivity contribution in [3.63, 3.8) is 0 Å². The predicted molar refractivity (Wildman–Crippen MR) is 85.5 cm³/mol. The molecule has 112 valence electrons. The zero-order valence-corrected chi connectivity index (χ0v) is 12.9. The third-order valence-corrected chi connectivity index (χ3v) is 4.40. The SMILES string of the molecule is Cc1cc(F)cc(Sc2ccc(Cl)c3c(=O)[nH]c(=O)[nH]c23)c1. The number of nitrogens with one attached hydrogen (secondary N) is 2. The summed E-state index contributed by atoms with van der Waals surface area (Å²) in [5.41, 5.74) is -0.0427. The van der Waals surface area contributed by atoms with E-state index in [4.69, 9.17) is 11.6 Å². The Kier molecular flexibility index (Phi) is 3.80. The van der Waals surface area contributed by atoms with Crippen LogP contribution in [0.25, 0.3) is 10.9 Å². The molecule has 3 aromatic rings. The molecule has 1 aromatic heterocycles. The molecule has 0 amide bonds. The van der Waals surface area contributed by atoms with Gasteiger partial charge in [0.1, 0.15) is 5.82 Å². The standard InChI is InChI=1S/C15H10ClFN2O2S/c1-7-4-8(17)6-9(5-7)22-11-3-2-10(16)12-13(11)18-15(21)19-14(12)20/h2-6H,1H3,(H2,18,19,20,21). The Morgan fingerprint density at radius 1 is 1.14 bits per heavy atom. The number of aryl methyl sites for hydroxylation is 1. The van der Waals surface area contributed by atoms with E-state index in [9.17, 15) is 14.0 Å². The first-order valence-electron chi connectivity index (χ1n) is 6.34. The first-order chi connectivity index (χ1) is 10.4. The first-order valence-corrected chi connectivity index (χ1v) is 7.53. The summed E-state index contributed by atoms with van der Waals surface area (Å²) in [6.07, 6.45) is 0. The summed E-state index contributed by atoms with van der Waals surface area (Å²) < 4.78 is 13.5. The molecule has 2 aromatic carbocycles. The van der Waals surface area contributed by atoms with Gasteiger partial charge in [0.25, 0.3) is 5.56 Å². The molecule has 22 heavy (non-hydrogen) atoms. The lowest BCUT2D eigenvalue weighted by atomic mass is 10.2. The maximum atomic E-state index is 13.5. The van der Waals surface area contributed by atoms with Crippen molar-refractivity contribution in [3.05, 3.63) is 67.6 Å². The Balaban J connectivity index is 2.21. The Labute approximate surface area is 133 Å². The van der Waals surface area contributed by atoms with Gasteiger partial charge in [-0.3, -0.25) is 9.78 Å². The highest BCUT2D eigenvalue weighted by atomic mass is 35.5. The van der Waals surface area contributed by atoms with Gasteiger partial charge in [-0.2, -0.15) is 0 Å². The van der Waals surface area contributed by atoms with E-state index < -0.39 is 11.2 Å². The number of rotatable bonds is 2. The monoisotopic (exact) mass is 336 g/mol. The van der Waals surface area contributed by atoms with Crippen LogP contribution in [0.1, 0.15) is 5.56 Å². The summed E-state index contributed by atoms with van der Waals surface area (Å²) in [5.74, 6) is -0.341. The Morgan fingerprint density at radius 3 is 2.64 bits per heavy atom. The molecule has 7 heteroatoms. The molecule has 0 saturated heterocycles. The minimum Gasteiger partial charge on any atom is -0.306 e. The van der Waals surface area contributed by atoms with Crippen LogP contribution in [0.3, 0.4) is 0 Å². The highest BCUT2D eigenvalue weighted by Crippen LogP contribution is 2.34. The van der Waals surface area contributed by atoms with E-state index in [0.29, 0.717) is 15.3 Å². The lowest BCUT2D eigenvalue weighted by molar-refractivity contribution is 0.623. The molecule has 0 unspecified atom stereocenters. The highest BCUT2D eigenvalue weighted by molar-refractivity contribution is 7.99. The van der Waals surface area contributed by atoms with Crippen molar-refractivity contribution in [2.24, 2.45) is 0 Å². The second-order valence-electron chi connectivity index (χ2n) is 4.77. The van der Waals surface area contributed by atoms with Crippen molar-refractivity contribution >= 4 is 34.3 Å². The summed E-state index contributed by atoms with van der Waals surface area (Å²) in [7, 11) is 0. The van der Waals surface area contributed by atoms with E-state index >= 15 is 0 Å². The number of aromatic amines is 2. The number of aromatic nitrogens is 2. The van der Waals surface area contributed by atoms with Gasteiger partial charge in [-0.1, -0.05) is 23.4 Å². The number of halogens is 2. The van der Waals surface area contributed by atoms with E-state index in [1.165, 1.54) is 23.9 Å². The van der Waals surface area contributed by atoms with Crippen molar-refractivity contribution < 1.29 is 4.39 Å². The van der Waals surface area contributed by atoms with Crippen LogP contribution in [0, 0.1) is 12.7 Å². The second-order valence-corrected chi connectivity index (χ2v) is 6.29. The van der Waals surface area contributed by atoms with Gasteiger partial charge in [0.15, 0.2) is 0 Å². The third kappa shape index (κ3) is 2.80. The fraction of sp³-hybridized carbons (Fsp3) is 0.0667. The maximum absolute atomic E-state index is 13.5. The van der Waals surface area contributed by atoms with Gasteiger partial charge in [-0.15, -0.1) is 0 Å². The lowest BCUT2D eigenvalue weighted by Crippen LogP contribution is -2.22. The lowest BCUT2D eigenvalue weighted by Gasteiger charge is -2.07. The maximum Gasteiger partial charge on any atom is 0.326 e. The fourth-order valence-electron chi connectivity index (χ4n) is 2.19. The van der Waals surface area contributed by atoms with Crippen molar-refractivity contribution in [1.29, 1.82) is 0 Å². The topological polar surface area (TPSA) is 65.7 Å². The molecule has 0 aliphatic rings. The first kappa shape index (κ1) is 14.9. The molecule has 0 radical (unpaired) electrons. The molecule has 0 atom stereocenters. The van der Waals surface area contributed by atoms with Gasteiger partial charge in [-0.05, 0) is 42.8 Å². The third-order valence-electron chi connectivity index (χ3n) is 3.05. The average Bonchev–Trinajstić information content (AvgIpc) is 2.40. The zero-order chi connectivity index (χ0) is 15.9. The molecular formula is C15H10ClFN2O2S. The van der Waals surface area contributed by atoms with Gasteiger partial charge in [-0.25, -0.2) is 9.18 Å². The van der Waals surface area contributed by atoms with E-state index in [0.717, 1.165) is 5.56 Å². The Morgan fingerprint density at radius 2 is 1.91 bits per heavy atom. The summed E-state index contributed by atoms with van der Waals surface area (Å²) in [4.78, 5) is 29.4. The summed E-state index contributed by atoms with van der Waals surface area (Å²) >= 11 is 7.28. The molecule has 0 bridgehead atoms. The molecule has 3 rings (SSSR count). The van der Waals surface area contributed by atoms with Crippen LogP contribution in [0.15, 0.2) is 49.7 Å². The largest absolute Gasteiger partial charge is 0.326 e. The van der Waals surface area contributed by atoms with E-state index in [2.05, 4.69) is 9.97 Å². The second kappa shape index (κ2) is 5.62. The summed E-state index contributed by atoms with van der Waals surface area (Å²) in [5, 5.41) is 0.451. The number of hydrogen-bond acceptors (Lipinski definition) is 3. The number of benzene rings is 2. The number of H-pyrrole nitrogens is 2. The van der Waals surface area contributed by atoms with Gasteiger partial charge in [0.05, 0.1) is 15.9 Å². The molecule has 2 N–H and O–H groups in total. The van der Waals surface area contributed by atoms with Crippen molar-refractivity contribution in [2.75, 3.05) is 0 Å². The molecule has 4 nitrogen and oxygen atoms in total. The smallest absolute Gasteiger partial charge is 0.306 e. The molecule has 0 spiro atoms. The summed E-state index contributed by atoms with van der Waals surface area (Å²) in [6.45, 7) is 1.79. The van der Waals surface area contributed by atoms with Crippen LogP contribution in [0.2, 0.25) is 5.02 Å². The van der Waals surface area contributed by atoms with Gasteiger partial charge >= 0.3 is 5.69 Å². The van der Waals surface area contributed by atoms with Crippen LogP contribution >= 0.6 is 23.4 Å². The minimum absolute atomic E-state index is 0.208. The quantitative estimate of drug-likeness (QED) is 0.753. The molecule has 0 aliphatic heterocycles. The molecule has 1 heterocycles. The van der Waals surface area contributed by atoms with Crippen LogP contribution in [0.5, 0.6) is 0 Å². The zero-order valence-electron chi connectivity index (χ0n) is 11.4. The Hall–Kier alpha value is -2.05. The van der Waals surface area contributed by atoms with Gasteiger partial charge in [0, 0.05) is 9.79 Å². The van der Waals surface area contributed by atoms with Crippen LogP contribution in [-0.4, -0.2) is 9.97 Å². The number of hydrogen-bond donors (Lipinski definition) is 2. The highest BCUT2D eigenvalue weighted by Gasteiger charge is 2.11. The van der Waals surface area contributed by atoms with Crippen molar-refractivity contribution in [3.8, 4) is 0 Å². The van der Waals surface area contributed by atoms with E-state index in [-0.39, 0.29) is 16.2 Å². The summed E-state index contributed by atoms with van der Waals surface area (Å²) in [6, 6.07) is 7.90. The fourth-order valence-corrected chi connectivity index (χ4v) is 3.49. The van der Waals surface area contributed by atoms with Crippen molar-refractivity contribution in [1.82, 2.24) is 9.97 Å². The van der Waals surface area contributed by atoms with Gasteiger partial charge in [0.2, 0.25) is 0 Å². The molecule has 0 aliphatic carbocycles. The van der Waals surface area contributed by atoms with E-state index in [1.54, 1.807) is 19.1 Å². The molecule has 0 fully saturated rings. The normalized spacial score (nSPS) is 11.0. The van der Waals surface area contributed by atoms with Crippen LogP contribution in [-0.2, 0) is 0 Å². The van der Waals surface area contributed by atoms with Crippen molar-refractivity contribution in [2.45, 2.75) is 16.7 Å². The molecule has 0 saturated carbocycles. The Bertz CT molecular complexity index is 977. The number of fused-ring (bicyclic) bond motifs is 1. The molecular weight excluding hydrogens is 327 g/mol.